The summed E-state index contributed by atoms with van der Waals surface area (Å²) < 4.78 is 0. The molecule has 3 rings (SSSR count). The summed E-state index contributed by atoms with van der Waals surface area (Å²) in [5, 5.41) is 9.64. The van der Waals surface area contributed by atoms with Crippen LogP contribution in [0.2, 0.25) is 0 Å². The van der Waals surface area contributed by atoms with E-state index in [1.807, 2.05) is 18.3 Å². The fraction of sp³-hybridized carbons (Fsp3) is 0.353. The van der Waals surface area contributed by atoms with E-state index in [4.69, 9.17) is 0 Å². The van der Waals surface area contributed by atoms with E-state index in [9.17, 15) is 5.11 Å². The Labute approximate surface area is 119 Å². The minimum Gasteiger partial charge on any atom is -0.396 e. The van der Waals surface area contributed by atoms with E-state index in [0.29, 0.717) is 12.0 Å². The molecular formula is C17H20N2O. The van der Waals surface area contributed by atoms with Crippen LogP contribution in [0.3, 0.4) is 0 Å². The number of aliphatic hydroxyl groups is 1. The molecule has 104 valence electrons. The van der Waals surface area contributed by atoms with E-state index < -0.39 is 0 Å². The van der Waals surface area contributed by atoms with Gasteiger partial charge in [-0.25, -0.2) is 0 Å². The van der Waals surface area contributed by atoms with Crippen LogP contribution < -0.4 is 0 Å². The van der Waals surface area contributed by atoms with Crippen LogP contribution in [-0.4, -0.2) is 28.1 Å². The first kappa shape index (κ1) is 13.3. The second kappa shape index (κ2) is 6.16. The first-order valence-electron chi connectivity index (χ1n) is 7.17. The van der Waals surface area contributed by atoms with Gasteiger partial charge in [0.1, 0.15) is 0 Å². The van der Waals surface area contributed by atoms with Gasteiger partial charge in [0.25, 0.3) is 0 Å². The number of aliphatic hydroxyl groups excluding tert-OH is 1. The van der Waals surface area contributed by atoms with Crippen LogP contribution in [0.15, 0.2) is 54.9 Å². The number of likely N-dealkylation sites (tertiary alicyclic amines) is 1. The Morgan fingerprint density at radius 1 is 1.15 bits per heavy atom. The molecule has 20 heavy (non-hydrogen) atoms. The summed E-state index contributed by atoms with van der Waals surface area (Å²) in [5.41, 5.74) is 2.53. The average Bonchev–Trinajstić information content (AvgIpc) is 2.92. The van der Waals surface area contributed by atoms with Gasteiger partial charge in [-0.15, -0.1) is 0 Å². The van der Waals surface area contributed by atoms with Gasteiger partial charge in [0.15, 0.2) is 0 Å². The highest BCUT2D eigenvalue weighted by Gasteiger charge is 2.34. The molecule has 0 bridgehead atoms. The Hall–Kier alpha value is -1.71. The summed E-state index contributed by atoms with van der Waals surface area (Å²) in [7, 11) is 0. The van der Waals surface area contributed by atoms with Crippen molar-refractivity contribution < 1.29 is 5.11 Å². The number of rotatable bonds is 4. The van der Waals surface area contributed by atoms with Gasteiger partial charge in [0.05, 0.1) is 0 Å². The zero-order chi connectivity index (χ0) is 13.8. The smallest absolute Gasteiger partial charge is 0.0478 e. The first-order valence-corrected chi connectivity index (χ1v) is 7.17. The summed E-state index contributed by atoms with van der Waals surface area (Å²) in [6.07, 6.45) is 4.78. The van der Waals surface area contributed by atoms with E-state index >= 15 is 0 Å². The number of benzene rings is 1. The van der Waals surface area contributed by atoms with Gasteiger partial charge in [-0.05, 0) is 30.2 Å². The van der Waals surface area contributed by atoms with Gasteiger partial charge in [-0.1, -0.05) is 36.4 Å². The molecule has 0 unspecified atom stereocenters. The molecule has 2 heterocycles. The van der Waals surface area contributed by atoms with Gasteiger partial charge in [-0.3, -0.25) is 9.88 Å². The lowest BCUT2D eigenvalue weighted by atomic mass is 9.94. The lowest BCUT2D eigenvalue weighted by Gasteiger charge is -2.28. The molecule has 3 heteroatoms. The van der Waals surface area contributed by atoms with Gasteiger partial charge < -0.3 is 5.11 Å². The Morgan fingerprint density at radius 3 is 2.70 bits per heavy atom. The molecule has 0 radical (unpaired) electrons. The zero-order valence-corrected chi connectivity index (χ0v) is 11.5. The Morgan fingerprint density at radius 2 is 2.00 bits per heavy atom. The molecule has 0 saturated carbocycles. The molecule has 1 aromatic heterocycles. The molecule has 0 spiro atoms. The van der Waals surface area contributed by atoms with Crippen LogP contribution in [0.4, 0.5) is 0 Å². The van der Waals surface area contributed by atoms with Crippen molar-refractivity contribution in [3.63, 3.8) is 0 Å². The molecular weight excluding hydrogens is 248 g/mol. The Kier molecular flexibility index (Phi) is 4.09. The molecule has 2 aromatic rings. The number of pyridine rings is 1. The van der Waals surface area contributed by atoms with Crippen LogP contribution in [-0.2, 0) is 6.54 Å². The third kappa shape index (κ3) is 2.74. The van der Waals surface area contributed by atoms with Crippen molar-refractivity contribution in [2.45, 2.75) is 19.0 Å². The van der Waals surface area contributed by atoms with Crippen LogP contribution >= 0.6 is 0 Å². The van der Waals surface area contributed by atoms with Gasteiger partial charge in [0, 0.05) is 37.5 Å². The monoisotopic (exact) mass is 268 g/mol. The maximum atomic E-state index is 9.64. The summed E-state index contributed by atoms with van der Waals surface area (Å²) in [6.45, 7) is 2.17. The van der Waals surface area contributed by atoms with Gasteiger partial charge >= 0.3 is 0 Å². The fourth-order valence-electron chi connectivity index (χ4n) is 3.15. The van der Waals surface area contributed by atoms with E-state index in [2.05, 4.69) is 40.2 Å². The maximum Gasteiger partial charge on any atom is 0.0478 e. The number of hydrogen-bond donors (Lipinski definition) is 1. The van der Waals surface area contributed by atoms with E-state index in [1.165, 1.54) is 11.1 Å². The van der Waals surface area contributed by atoms with E-state index in [-0.39, 0.29) is 6.61 Å². The SMILES string of the molecule is OC[C@H]1CCN(Cc2cccnc2)[C@H]1c1ccccc1. The predicted octanol–water partition coefficient (Wildman–Crippen LogP) is 2.64. The van der Waals surface area contributed by atoms with Crippen molar-refractivity contribution in [2.75, 3.05) is 13.2 Å². The highest BCUT2D eigenvalue weighted by atomic mass is 16.3. The number of nitrogens with zero attached hydrogens (tertiary/aromatic N) is 2. The minimum absolute atomic E-state index is 0.253. The predicted molar refractivity (Wildman–Crippen MR) is 79.0 cm³/mol. The van der Waals surface area contributed by atoms with Crippen molar-refractivity contribution in [3.8, 4) is 0 Å². The van der Waals surface area contributed by atoms with Crippen LogP contribution in [0.5, 0.6) is 0 Å². The standard InChI is InChI=1S/C17H20N2O/c20-13-16-8-10-19(12-14-5-4-9-18-11-14)17(16)15-6-2-1-3-7-15/h1-7,9,11,16-17,20H,8,10,12-13H2/t16-,17+/m1/s1. The average molecular weight is 268 g/mol. The minimum atomic E-state index is 0.253. The Bertz CT molecular complexity index is 529. The van der Waals surface area contributed by atoms with Crippen LogP contribution in [0, 0.1) is 5.92 Å². The second-order valence-electron chi connectivity index (χ2n) is 5.42. The van der Waals surface area contributed by atoms with E-state index in [1.54, 1.807) is 6.20 Å². The van der Waals surface area contributed by atoms with Crippen molar-refractivity contribution in [3.05, 3.63) is 66.0 Å². The lowest BCUT2D eigenvalue weighted by Crippen LogP contribution is -2.26. The highest BCUT2D eigenvalue weighted by molar-refractivity contribution is 5.22. The normalized spacial score (nSPS) is 23.1. The van der Waals surface area contributed by atoms with Gasteiger partial charge in [-0.2, -0.15) is 0 Å². The molecule has 1 saturated heterocycles. The first-order chi connectivity index (χ1) is 9.88. The molecule has 3 nitrogen and oxygen atoms in total. The van der Waals surface area contributed by atoms with Crippen LogP contribution in [0.25, 0.3) is 0 Å². The molecule has 0 aliphatic carbocycles. The summed E-state index contributed by atoms with van der Waals surface area (Å²) in [5.74, 6) is 0.328. The second-order valence-corrected chi connectivity index (χ2v) is 5.42. The van der Waals surface area contributed by atoms with Crippen molar-refractivity contribution in [1.29, 1.82) is 0 Å². The molecule has 1 aliphatic heterocycles. The molecule has 1 aromatic carbocycles. The molecule has 0 amide bonds. The van der Waals surface area contributed by atoms with Crippen molar-refractivity contribution in [1.82, 2.24) is 9.88 Å². The highest BCUT2D eigenvalue weighted by Crippen LogP contribution is 2.37. The molecule has 1 fully saturated rings. The number of hydrogen-bond acceptors (Lipinski definition) is 3. The zero-order valence-electron chi connectivity index (χ0n) is 11.5. The largest absolute Gasteiger partial charge is 0.396 e. The maximum absolute atomic E-state index is 9.64. The third-order valence-corrected chi connectivity index (χ3v) is 4.11. The van der Waals surface area contributed by atoms with E-state index in [0.717, 1.165) is 19.5 Å². The van der Waals surface area contributed by atoms with Crippen LogP contribution in [0.1, 0.15) is 23.6 Å². The topological polar surface area (TPSA) is 36.4 Å². The summed E-state index contributed by atoms with van der Waals surface area (Å²) in [6, 6.07) is 14.9. The fourth-order valence-corrected chi connectivity index (χ4v) is 3.15. The molecule has 1 aliphatic rings. The third-order valence-electron chi connectivity index (χ3n) is 4.11. The quantitative estimate of drug-likeness (QED) is 0.926. The molecule has 1 N–H and O–H groups in total. The van der Waals surface area contributed by atoms with Crippen molar-refractivity contribution >= 4 is 0 Å². The summed E-state index contributed by atoms with van der Waals surface area (Å²) in [4.78, 5) is 6.64. The Balaban J connectivity index is 1.83. The van der Waals surface area contributed by atoms with Crippen molar-refractivity contribution in [2.24, 2.45) is 5.92 Å². The summed E-state index contributed by atoms with van der Waals surface area (Å²) >= 11 is 0. The molecule has 2 atom stereocenters. The van der Waals surface area contributed by atoms with Gasteiger partial charge in [0.2, 0.25) is 0 Å². The number of aromatic nitrogens is 1. The lowest BCUT2D eigenvalue weighted by molar-refractivity contribution is 0.162.